The van der Waals surface area contributed by atoms with Crippen molar-refractivity contribution in [3.8, 4) is 0 Å². The van der Waals surface area contributed by atoms with Gasteiger partial charge in [-0.3, -0.25) is 0 Å². The van der Waals surface area contributed by atoms with Crippen LogP contribution in [0.4, 0.5) is 41.1 Å². The van der Waals surface area contributed by atoms with Crippen LogP contribution in [0.15, 0.2) is 54.7 Å². The lowest BCUT2D eigenvalue weighted by Crippen LogP contribution is -2.50. The number of anilines is 4. The monoisotopic (exact) mass is 457 g/mol. The number of aromatic nitrogens is 3. The lowest BCUT2D eigenvalue weighted by Gasteiger charge is -2.35. The fourth-order valence-electron chi connectivity index (χ4n) is 3.46. The number of benzene rings is 1. The Kier molecular flexibility index (Phi) is 6.29. The molecule has 1 aliphatic heterocycles. The smallest absolute Gasteiger partial charge is 0.353 e. The third kappa shape index (κ3) is 5.68. The number of aryl methyl sites for hydroxylation is 1. The Morgan fingerprint density at radius 2 is 1.76 bits per heavy atom. The van der Waals surface area contributed by atoms with E-state index in [4.69, 9.17) is 0 Å². The third-order valence-corrected chi connectivity index (χ3v) is 5.08. The molecule has 0 atom stereocenters. The Balaban J connectivity index is 1.37. The molecule has 0 spiro atoms. The molecule has 11 heteroatoms. The number of rotatable bonds is 4. The molecule has 0 unspecified atom stereocenters. The maximum Gasteiger partial charge on any atom is 0.416 e. The first-order chi connectivity index (χ1) is 15.8. The Morgan fingerprint density at radius 3 is 2.45 bits per heavy atom. The van der Waals surface area contributed by atoms with Gasteiger partial charge in [-0.2, -0.15) is 13.2 Å². The molecule has 0 saturated carbocycles. The van der Waals surface area contributed by atoms with Crippen LogP contribution < -0.4 is 15.5 Å². The third-order valence-electron chi connectivity index (χ3n) is 5.08. The summed E-state index contributed by atoms with van der Waals surface area (Å²) >= 11 is 0. The number of piperazine rings is 1. The van der Waals surface area contributed by atoms with Crippen LogP contribution in [-0.2, 0) is 6.18 Å². The van der Waals surface area contributed by atoms with Gasteiger partial charge >= 0.3 is 12.2 Å². The fourth-order valence-corrected chi connectivity index (χ4v) is 3.46. The molecule has 1 saturated heterocycles. The van der Waals surface area contributed by atoms with Gasteiger partial charge in [0.25, 0.3) is 0 Å². The van der Waals surface area contributed by atoms with E-state index >= 15 is 0 Å². The summed E-state index contributed by atoms with van der Waals surface area (Å²) in [6, 6.07) is 11.5. The van der Waals surface area contributed by atoms with Gasteiger partial charge < -0.3 is 20.4 Å². The number of halogens is 3. The predicted octanol–water partition coefficient (Wildman–Crippen LogP) is 4.30. The quantitative estimate of drug-likeness (QED) is 0.608. The number of hydrogen-bond acceptors (Lipinski definition) is 6. The Hall–Kier alpha value is -3.89. The number of hydrogen-bond donors (Lipinski definition) is 2. The van der Waals surface area contributed by atoms with Gasteiger partial charge in [0, 0.05) is 44.1 Å². The van der Waals surface area contributed by atoms with E-state index in [1.807, 2.05) is 29.2 Å². The molecule has 0 radical (unpaired) electrons. The molecule has 1 fully saturated rings. The molecular weight excluding hydrogens is 435 g/mol. The molecule has 2 N–H and O–H groups in total. The first-order valence-corrected chi connectivity index (χ1v) is 10.3. The first-order valence-electron chi connectivity index (χ1n) is 10.3. The predicted molar refractivity (Wildman–Crippen MR) is 119 cm³/mol. The Bertz CT molecular complexity index is 1120. The summed E-state index contributed by atoms with van der Waals surface area (Å²) in [7, 11) is 0. The van der Waals surface area contributed by atoms with Gasteiger partial charge in [0.2, 0.25) is 0 Å². The Morgan fingerprint density at radius 1 is 0.970 bits per heavy atom. The van der Waals surface area contributed by atoms with Crippen LogP contribution in [0.2, 0.25) is 0 Å². The molecule has 1 aliphatic rings. The number of carbonyl (C=O) groups excluding carboxylic acids is 1. The number of urea groups is 1. The minimum atomic E-state index is -4.47. The van der Waals surface area contributed by atoms with Crippen molar-refractivity contribution in [1.29, 1.82) is 0 Å². The standard InChI is InChI=1S/C22H22F3N7O/c1-15-27-19(30-18-7-2-3-8-26-18)14-20(28-15)31-9-11-32(12-10-31)21(33)29-17-6-4-5-16(13-17)22(23,24)25/h2-8,13-14H,9-12H2,1H3,(H,29,33)(H,26,27,28,30). The normalized spacial score (nSPS) is 14.2. The highest BCUT2D eigenvalue weighted by Gasteiger charge is 2.31. The van der Waals surface area contributed by atoms with Crippen LogP contribution in [0.1, 0.15) is 11.4 Å². The number of carbonyl (C=O) groups is 1. The summed E-state index contributed by atoms with van der Waals surface area (Å²) in [6.07, 6.45) is -2.78. The maximum absolute atomic E-state index is 12.9. The summed E-state index contributed by atoms with van der Waals surface area (Å²) in [6.45, 7) is 3.64. The highest BCUT2D eigenvalue weighted by atomic mass is 19.4. The van der Waals surface area contributed by atoms with Crippen molar-refractivity contribution in [2.24, 2.45) is 0 Å². The van der Waals surface area contributed by atoms with Crippen molar-refractivity contribution in [2.75, 3.05) is 41.7 Å². The average Bonchev–Trinajstić information content (AvgIpc) is 2.79. The van der Waals surface area contributed by atoms with Crippen molar-refractivity contribution < 1.29 is 18.0 Å². The molecule has 0 aliphatic carbocycles. The zero-order valence-electron chi connectivity index (χ0n) is 17.8. The van der Waals surface area contributed by atoms with Crippen LogP contribution in [-0.4, -0.2) is 52.1 Å². The van der Waals surface area contributed by atoms with E-state index in [9.17, 15) is 18.0 Å². The zero-order chi connectivity index (χ0) is 23.4. The number of nitrogens with zero attached hydrogens (tertiary/aromatic N) is 5. The second kappa shape index (κ2) is 9.31. The minimum Gasteiger partial charge on any atom is -0.353 e. The molecule has 172 valence electrons. The summed E-state index contributed by atoms with van der Waals surface area (Å²) in [5.74, 6) is 2.59. The van der Waals surface area contributed by atoms with Crippen molar-refractivity contribution >= 4 is 29.2 Å². The second-order valence-electron chi connectivity index (χ2n) is 7.48. The van der Waals surface area contributed by atoms with Crippen LogP contribution >= 0.6 is 0 Å². The molecule has 2 amide bonds. The first kappa shape index (κ1) is 22.3. The minimum absolute atomic E-state index is 0.105. The highest BCUT2D eigenvalue weighted by Crippen LogP contribution is 2.30. The number of alkyl halides is 3. The van der Waals surface area contributed by atoms with Crippen LogP contribution in [0, 0.1) is 6.92 Å². The van der Waals surface area contributed by atoms with Crippen LogP contribution in [0.5, 0.6) is 0 Å². The molecule has 1 aromatic carbocycles. The van der Waals surface area contributed by atoms with Crippen molar-refractivity contribution in [3.63, 3.8) is 0 Å². The number of pyridine rings is 1. The largest absolute Gasteiger partial charge is 0.416 e. The highest BCUT2D eigenvalue weighted by molar-refractivity contribution is 5.89. The van der Waals surface area contributed by atoms with Crippen molar-refractivity contribution in [3.05, 3.63) is 66.1 Å². The zero-order valence-corrected chi connectivity index (χ0v) is 17.8. The molecule has 0 bridgehead atoms. The topological polar surface area (TPSA) is 86.3 Å². The molecular formula is C22H22F3N7O. The van der Waals surface area contributed by atoms with Crippen molar-refractivity contribution in [2.45, 2.75) is 13.1 Å². The summed E-state index contributed by atoms with van der Waals surface area (Å²) < 4.78 is 38.7. The second-order valence-corrected chi connectivity index (χ2v) is 7.48. The van der Waals surface area contributed by atoms with E-state index in [1.165, 1.54) is 12.1 Å². The van der Waals surface area contributed by atoms with E-state index < -0.39 is 17.8 Å². The van der Waals surface area contributed by atoms with Crippen molar-refractivity contribution in [1.82, 2.24) is 19.9 Å². The van der Waals surface area contributed by atoms with Gasteiger partial charge in [-0.1, -0.05) is 12.1 Å². The number of amides is 2. The Labute approximate surface area is 188 Å². The molecule has 33 heavy (non-hydrogen) atoms. The van der Waals surface area contributed by atoms with Gasteiger partial charge in [0.15, 0.2) is 0 Å². The van der Waals surface area contributed by atoms with Gasteiger partial charge in [-0.25, -0.2) is 19.7 Å². The SMILES string of the molecule is Cc1nc(Nc2ccccn2)cc(N2CCN(C(=O)Nc3cccc(C(F)(F)F)c3)CC2)n1. The molecule has 3 aromatic rings. The molecule has 3 heterocycles. The summed E-state index contributed by atoms with van der Waals surface area (Å²) in [5, 5.41) is 5.70. The number of nitrogens with one attached hydrogen (secondary N) is 2. The van der Waals surface area contributed by atoms with E-state index in [0.29, 0.717) is 43.6 Å². The lowest BCUT2D eigenvalue weighted by molar-refractivity contribution is -0.137. The van der Waals surface area contributed by atoms with E-state index in [2.05, 4.69) is 25.6 Å². The van der Waals surface area contributed by atoms with Crippen LogP contribution in [0.25, 0.3) is 0 Å². The van der Waals surface area contributed by atoms with Crippen LogP contribution in [0.3, 0.4) is 0 Å². The van der Waals surface area contributed by atoms with Gasteiger partial charge in [0.05, 0.1) is 5.56 Å². The molecule has 8 nitrogen and oxygen atoms in total. The fraction of sp³-hybridized carbons (Fsp3) is 0.273. The molecule has 2 aromatic heterocycles. The average molecular weight is 457 g/mol. The van der Waals surface area contributed by atoms with E-state index in [1.54, 1.807) is 18.0 Å². The molecule has 4 rings (SSSR count). The summed E-state index contributed by atoms with van der Waals surface area (Å²) in [4.78, 5) is 29.3. The maximum atomic E-state index is 12.9. The van der Waals surface area contributed by atoms with Gasteiger partial charge in [-0.05, 0) is 37.3 Å². The van der Waals surface area contributed by atoms with E-state index in [0.717, 1.165) is 18.0 Å². The summed E-state index contributed by atoms with van der Waals surface area (Å²) in [5.41, 5.74) is -0.701. The van der Waals surface area contributed by atoms with Gasteiger partial charge in [0.1, 0.15) is 23.3 Å². The van der Waals surface area contributed by atoms with E-state index in [-0.39, 0.29) is 5.69 Å². The lowest BCUT2D eigenvalue weighted by atomic mass is 10.2. The van der Waals surface area contributed by atoms with Gasteiger partial charge in [-0.15, -0.1) is 0 Å².